The van der Waals surface area contributed by atoms with Gasteiger partial charge in [0.1, 0.15) is 23.9 Å². The number of carbonyl (C=O) groups excluding carboxylic acids is 2. The molecule has 0 aliphatic carbocycles. The zero-order chi connectivity index (χ0) is 25.8. The van der Waals surface area contributed by atoms with Crippen LogP contribution in [0.25, 0.3) is 6.08 Å². The Labute approximate surface area is 233 Å². The first kappa shape index (κ1) is 26.3. The Morgan fingerprint density at radius 2 is 1.81 bits per heavy atom. The predicted octanol–water partition coefficient (Wildman–Crippen LogP) is 6.48. The van der Waals surface area contributed by atoms with Crippen LogP contribution >= 0.6 is 55.8 Å². The van der Waals surface area contributed by atoms with E-state index in [1.54, 1.807) is 60.7 Å². The first-order valence-corrected chi connectivity index (χ1v) is 13.2. The number of ether oxygens (including phenoxy) is 2. The van der Waals surface area contributed by atoms with E-state index in [-0.39, 0.29) is 16.7 Å². The summed E-state index contributed by atoms with van der Waals surface area (Å²) < 4.78 is 26.2. The van der Waals surface area contributed by atoms with E-state index in [4.69, 9.17) is 21.7 Å². The van der Waals surface area contributed by atoms with Crippen LogP contribution in [0.4, 0.5) is 4.39 Å². The number of carbonyl (C=O) groups is 2. The summed E-state index contributed by atoms with van der Waals surface area (Å²) in [5.41, 5.74) is 4.02. The molecule has 1 heterocycles. The van der Waals surface area contributed by atoms with Gasteiger partial charge in [-0.1, -0.05) is 30.0 Å². The van der Waals surface area contributed by atoms with Gasteiger partial charge < -0.3 is 9.47 Å². The molecule has 1 aliphatic heterocycles. The van der Waals surface area contributed by atoms with Gasteiger partial charge in [0.2, 0.25) is 0 Å². The van der Waals surface area contributed by atoms with Crippen molar-refractivity contribution in [2.45, 2.75) is 6.61 Å². The summed E-state index contributed by atoms with van der Waals surface area (Å²) in [5, 5.41) is 1.05. The van der Waals surface area contributed by atoms with Gasteiger partial charge >= 0.3 is 0 Å². The number of hydrogen-bond acceptors (Lipinski definition) is 6. The van der Waals surface area contributed by atoms with E-state index in [1.807, 2.05) is 0 Å². The molecule has 36 heavy (non-hydrogen) atoms. The van der Waals surface area contributed by atoms with Crippen molar-refractivity contribution in [3.8, 4) is 11.5 Å². The fraction of sp³-hybridized carbons (Fsp3) is 0.0800. The molecule has 6 nitrogen and oxygen atoms in total. The second-order valence-corrected chi connectivity index (χ2v) is 10.8. The zero-order valence-electron chi connectivity index (χ0n) is 18.6. The molecular weight excluding hydrogens is 635 g/mol. The van der Waals surface area contributed by atoms with Crippen molar-refractivity contribution in [3.05, 3.63) is 97.0 Å². The molecule has 0 unspecified atom stereocenters. The van der Waals surface area contributed by atoms with Crippen molar-refractivity contribution in [3.63, 3.8) is 0 Å². The molecule has 1 fully saturated rings. The summed E-state index contributed by atoms with van der Waals surface area (Å²) in [7, 11) is 1.53. The lowest BCUT2D eigenvalue weighted by Gasteiger charge is -2.15. The molecule has 0 spiro atoms. The molecule has 1 saturated heterocycles. The number of thioether (sulfide) groups is 1. The van der Waals surface area contributed by atoms with Gasteiger partial charge in [0.05, 0.1) is 21.0 Å². The molecule has 4 rings (SSSR count). The molecule has 0 radical (unpaired) electrons. The highest BCUT2D eigenvalue weighted by atomic mass is 79.9. The number of halogens is 3. The van der Waals surface area contributed by atoms with E-state index < -0.39 is 11.8 Å². The summed E-state index contributed by atoms with van der Waals surface area (Å²) in [5.74, 6) is -0.158. The maximum atomic E-state index is 13.9. The number of nitrogens with zero attached hydrogens (tertiary/aromatic N) is 1. The Bertz CT molecular complexity index is 1360. The summed E-state index contributed by atoms with van der Waals surface area (Å²) in [6, 6.07) is 16.4. The number of rotatable bonds is 7. The van der Waals surface area contributed by atoms with Crippen molar-refractivity contribution in [2.75, 3.05) is 7.11 Å². The van der Waals surface area contributed by atoms with Crippen LogP contribution in [0, 0.1) is 5.82 Å². The third-order valence-corrected chi connectivity index (χ3v) is 7.49. The van der Waals surface area contributed by atoms with E-state index >= 15 is 0 Å². The largest absolute Gasteiger partial charge is 0.497 e. The van der Waals surface area contributed by atoms with Crippen LogP contribution in [0.3, 0.4) is 0 Å². The lowest BCUT2D eigenvalue weighted by molar-refractivity contribution is -0.123. The third kappa shape index (κ3) is 5.97. The van der Waals surface area contributed by atoms with Crippen molar-refractivity contribution >= 4 is 78.1 Å². The van der Waals surface area contributed by atoms with Gasteiger partial charge in [0, 0.05) is 11.1 Å². The zero-order valence-corrected chi connectivity index (χ0v) is 23.4. The Balaban J connectivity index is 1.47. The first-order chi connectivity index (χ1) is 17.3. The highest BCUT2D eigenvalue weighted by Gasteiger charge is 2.34. The van der Waals surface area contributed by atoms with Crippen molar-refractivity contribution in [1.82, 2.24) is 10.4 Å². The molecule has 2 amide bonds. The summed E-state index contributed by atoms with van der Waals surface area (Å²) in [6.07, 6.45) is 1.66. The standard InChI is InChI=1S/C25H17Br2FN2O4S2/c1-33-17-8-6-15(7-9-17)23(31)29-30-24(32)21(36-25(30)35)12-14-10-18(26)22(19(27)11-14)34-13-16-4-2-3-5-20(16)28/h2-12H,13H2,1H3,(H,29,31)/b21-12+. The number of methoxy groups -OCH3 is 1. The average molecular weight is 652 g/mol. The summed E-state index contributed by atoms with van der Waals surface area (Å²) in [4.78, 5) is 25.9. The molecule has 11 heteroatoms. The first-order valence-electron chi connectivity index (χ1n) is 10.3. The van der Waals surface area contributed by atoms with E-state index in [0.717, 1.165) is 16.8 Å². The van der Waals surface area contributed by atoms with Crippen LogP contribution in [0.1, 0.15) is 21.5 Å². The number of hydrazine groups is 1. The van der Waals surface area contributed by atoms with Gasteiger partial charge in [-0.05, 0) is 98.2 Å². The smallest absolute Gasteiger partial charge is 0.285 e. The maximum absolute atomic E-state index is 13.9. The topological polar surface area (TPSA) is 67.9 Å². The molecule has 184 valence electrons. The number of thiocarbonyl (C=S) groups is 1. The number of benzene rings is 3. The fourth-order valence-corrected chi connectivity index (χ4v) is 5.82. The Kier molecular flexibility index (Phi) is 8.45. The summed E-state index contributed by atoms with van der Waals surface area (Å²) in [6.45, 7) is 0.0514. The fourth-order valence-electron chi connectivity index (χ4n) is 3.19. The molecule has 0 saturated carbocycles. The van der Waals surface area contributed by atoms with Gasteiger partial charge in [-0.3, -0.25) is 15.0 Å². The molecule has 3 aromatic carbocycles. The van der Waals surface area contributed by atoms with Crippen LogP contribution in [-0.4, -0.2) is 28.3 Å². The molecule has 0 atom stereocenters. The lowest BCUT2D eigenvalue weighted by atomic mass is 10.2. The number of nitrogens with one attached hydrogen (secondary N) is 1. The van der Waals surface area contributed by atoms with Gasteiger partial charge in [-0.25, -0.2) is 4.39 Å². The van der Waals surface area contributed by atoms with Gasteiger partial charge in [0.15, 0.2) is 4.32 Å². The molecule has 0 bridgehead atoms. The van der Waals surface area contributed by atoms with Crippen molar-refractivity contribution in [2.24, 2.45) is 0 Å². The minimum atomic E-state index is -0.475. The van der Waals surface area contributed by atoms with Gasteiger partial charge in [-0.2, -0.15) is 5.01 Å². The second-order valence-electron chi connectivity index (χ2n) is 7.38. The van der Waals surface area contributed by atoms with Crippen LogP contribution in [-0.2, 0) is 11.4 Å². The molecule has 1 N–H and O–H groups in total. The maximum Gasteiger partial charge on any atom is 0.285 e. The SMILES string of the molecule is COc1ccc(C(=O)NN2C(=O)/C(=C\c3cc(Br)c(OCc4ccccc4F)c(Br)c3)SC2=S)cc1. The monoisotopic (exact) mass is 650 g/mol. The number of amides is 2. The van der Waals surface area contributed by atoms with E-state index in [1.165, 1.54) is 13.2 Å². The average Bonchev–Trinajstić information content (AvgIpc) is 3.11. The Morgan fingerprint density at radius 1 is 1.14 bits per heavy atom. The van der Waals surface area contributed by atoms with Crippen LogP contribution in [0.2, 0.25) is 0 Å². The normalized spacial score (nSPS) is 14.3. The van der Waals surface area contributed by atoms with Crippen LogP contribution in [0.5, 0.6) is 11.5 Å². The Morgan fingerprint density at radius 3 is 2.44 bits per heavy atom. The predicted molar refractivity (Wildman–Crippen MR) is 148 cm³/mol. The van der Waals surface area contributed by atoms with Crippen LogP contribution < -0.4 is 14.9 Å². The Hall–Kier alpha value is -2.73. The second kappa shape index (κ2) is 11.5. The van der Waals surface area contributed by atoms with E-state index in [9.17, 15) is 14.0 Å². The van der Waals surface area contributed by atoms with Gasteiger partial charge in [0.25, 0.3) is 11.8 Å². The lowest BCUT2D eigenvalue weighted by Crippen LogP contribution is -2.44. The molecule has 1 aliphatic rings. The molecular formula is C25H17Br2FN2O4S2. The molecule has 0 aromatic heterocycles. The van der Waals surface area contributed by atoms with E-state index in [2.05, 4.69) is 37.3 Å². The highest BCUT2D eigenvalue weighted by molar-refractivity contribution is 9.11. The van der Waals surface area contributed by atoms with Crippen molar-refractivity contribution in [1.29, 1.82) is 0 Å². The quantitative estimate of drug-likeness (QED) is 0.233. The third-order valence-electron chi connectivity index (χ3n) is 5.01. The van der Waals surface area contributed by atoms with Gasteiger partial charge in [-0.15, -0.1) is 0 Å². The minimum Gasteiger partial charge on any atom is -0.497 e. The highest BCUT2D eigenvalue weighted by Crippen LogP contribution is 2.38. The van der Waals surface area contributed by atoms with Crippen LogP contribution in [0.15, 0.2) is 74.5 Å². The molecule has 3 aromatic rings. The number of hydrogen-bond donors (Lipinski definition) is 1. The summed E-state index contributed by atoms with van der Waals surface area (Å²) >= 11 is 13.3. The van der Waals surface area contributed by atoms with Crippen molar-refractivity contribution < 1.29 is 23.5 Å². The minimum absolute atomic E-state index is 0.0514. The van der Waals surface area contributed by atoms with E-state index in [0.29, 0.717) is 42.0 Å².